The van der Waals surface area contributed by atoms with Gasteiger partial charge in [-0.2, -0.15) is 0 Å². The van der Waals surface area contributed by atoms with Crippen molar-refractivity contribution in [3.05, 3.63) is 73.8 Å². The van der Waals surface area contributed by atoms with Crippen molar-refractivity contribution < 1.29 is 33.6 Å². The van der Waals surface area contributed by atoms with Crippen LogP contribution in [-0.2, 0) is 16.2 Å². The van der Waals surface area contributed by atoms with Gasteiger partial charge in [-0.25, -0.2) is 4.79 Å². The number of aliphatic carboxylic acids is 1. The Kier molecular flexibility index (Phi) is 7.82. The summed E-state index contributed by atoms with van der Waals surface area (Å²) in [4.78, 5) is 49.8. The molecular weight excluding hydrogens is 582 g/mol. The largest absolute Gasteiger partial charge is 0.479 e. The highest BCUT2D eigenvalue weighted by Gasteiger charge is 2.54. The number of fused-ring (bicyclic) bond motifs is 1. The summed E-state index contributed by atoms with van der Waals surface area (Å²) in [5.74, 6) is -1.44. The number of hydrogen-bond acceptors (Lipinski definition) is 12. The molecule has 40 heavy (non-hydrogen) atoms. The van der Waals surface area contributed by atoms with Gasteiger partial charge in [-0.3, -0.25) is 24.6 Å². The number of aromatic nitrogens is 2. The number of ether oxygens (including phenoxy) is 1. The van der Waals surface area contributed by atoms with Gasteiger partial charge in [0.2, 0.25) is 0 Å². The van der Waals surface area contributed by atoms with Gasteiger partial charge in [0.1, 0.15) is 34.5 Å². The lowest BCUT2D eigenvalue weighted by atomic mass is 10.0. The molecule has 2 N–H and O–H groups in total. The highest BCUT2D eigenvalue weighted by molar-refractivity contribution is 8.01. The number of carbonyl (C=O) groups is 3. The van der Waals surface area contributed by atoms with E-state index in [0.29, 0.717) is 27.0 Å². The van der Waals surface area contributed by atoms with Gasteiger partial charge in [0.25, 0.3) is 11.8 Å². The molecule has 3 aromatic rings. The number of nitro benzene ring substituents is 1. The Balaban J connectivity index is 1.21. The van der Waals surface area contributed by atoms with E-state index in [-0.39, 0.29) is 35.3 Å². The molecule has 13 nitrogen and oxygen atoms in total. The van der Waals surface area contributed by atoms with Gasteiger partial charge >= 0.3 is 11.7 Å². The molecule has 2 atom stereocenters. The fraction of sp³-hybridized carbons (Fsp3) is 0.292. The maximum Gasteiger partial charge on any atom is 0.352 e. The molecule has 5 rings (SSSR count). The summed E-state index contributed by atoms with van der Waals surface area (Å²) in [7, 11) is 0. The average molecular weight is 604 g/mol. The Morgan fingerprint density at radius 1 is 1.30 bits per heavy atom. The van der Waals surface area contributed by atoms with Crippen LogP contribution in [0.15, 0.2) is 50.4 Å². The van der Waals surface area contributed by atoms with Crippen LogP contribution in [0.5, 0.6) is 5.75 Å². The van der Waals surface area contributed by atoms with Crippen molar-refractivity contribution in [2.24, 2.45) is 0 Å². The fourth-order valence-electron chi connectivity index (χ4n) is 4.11. The zero-order valence-electron chi connectivity index (χ0n) is 21.0. The number of thioether (sulfide) groups is 2. The zero-order valence-corrected chi connectivity index (χ0v) is 23.4. The molecule has 0 bridgehead atoms. The molecule has 2 aliphatic rings. The van der Waals surface area contributed by atoms with Gasteiger partial charge in [0.05, 0.1) is 4.92 Å². The van der Waals surface area contributed by atoms with E-state index in [1.807, 2.05) is 6.92 Å². The summed E-state index contributed by atoms with van der Waals surface area (Å²) in [6, 6.07) is 6.53. The van der Waals surface area contributed by atoms with E-state index in [9.17, 15) is 29.6 Å². The lowest BCUT2D eigenvalue weighted by molar-refractivity contribution is -0.386. The van der Waals surface area contributed by atoms with Crippen LogP contribution in [-0.4, -0.2) is 65.8 Å². The third kappa shape index (κ3) is 5.55. The zero-order chi connectivity index (χ0) is 28.6. The highest BCUT2D eigenvalue weighted by atomic mass is 32.2. The molecule has 0 spiro atoms. The number of rotatable bonds is 10. The van der Waals surface area contributed by atoms with Crippen LogP contribution in [0.4, 0.5) is 5.69 Å². The molecule has 1 saturated heterocycles. The monoisotopic (exact) mass is 603 g/mol. The fourth-order valence-corrected chi connectivity index (χ4v) is 7.41. The second kappa shape index (κ2) is 11.3. The number of furan rings is 1. The molecule has 0 aliphatic carbocycles. The van der Waals surface area contributed by atoms with Crippen LogP contribution < -0.4 is 10.1 Å². The molecular formula is C24H21N5O8S3. The molecule has 2 unspecified atom stereocenters. The van der Waals surface area contributed by atoms with Crippen molar-refractivity contribution in [2.75, 3.05) is 11.5 Å². The second-order valence-corrected chi connectivity index (χ2v) is 12.3. The molecule has 2 aromatic heterocycles. The number of carboxylic acid groups (broad SMARTS) is 1. The maximum atomic E-state index is 12.9. The van der Waals surface area contributed by atoms with Gasteiger partial charge < -0.3 is 19.6 Å². The third-order valence-electron chi connectivity index (χ3n) is 5.98. The number of carbonyl (C=O) groups excluding carboxylic acids is 2. The van der Waals surface area contributed by atoms with E-state index in [4.69, 9.17) is 9.15 Å². The number of carboxylic acids is 1. The molecule has 0 saturated carbocycles. The molecule has 1 fully saturated rings. The normalized spacial score (nSPS) is 18.2. The van der Waals surface area contributed by atoms with E-state index in [1.54, 1.807) is 13.0 Å². The average Bonchev–Trinajstić information content (AvgIpc) is 3.57. The summed E-state index contributed by atoms with van der Waals surface area (Å²) in [5, 5.41) is 32.0. The van der Waals surface area contributed by atoms with Crippen LogP contribution in [0.1, 0.15) is 26.9 Å². The summed E-state index contributed by atoms with van der Waals surface area (Å²) in [5.41, 5.74) is 1.04. The molecule has 1 aromatic carbocycles. The predicted octanol–water partition coefficient (Wildman–Crippen LogP) is 3.38. The van der Waals surface area contributed by atoms with Gasteiger partial charge in [-0.1, -0.05) is 29.2 Å². The second-order valence-electron chi connectivity index (χ2n) is 8.78. The Morgan fingerprint density at radius 3 is 2.80 bits per heavy atom. The van der Waals surface area contributed by atoms with Gasteiger partial charge in [-0.05, 0) is 43.2 Å². The maximum absolute atomic E-state index is 12.9. The number of nitrogens with zero attached hydrogens (tertiary/aromatic N) is 4. The first-order chi connectivity index (χ1) is 19.1. The summed E-state index contributed by atoms with van der Waals surface area (Å²) in [6.07, 6.45) is 0. The molecule has 2 amide bonds. The standard InChI is InChI=1S/C24H21N5O8S3/c1-11-3-5-16(15(7-11)29(34)35)36-8-14-4-6-17(37-14)20(30)25-18-21(31)28-19(23(32)33)13(9-38-22(18)28)10-39-24-27-26-12(2)40-24/h3-7,18,22H,8-10H2,1-2H3,(H,25,30)(H,32,33). The van der Waals surface area contributed by atoms with Gasteiger partial charge in [0, 0.05) is 17.6 Å². The first-order valence-corrected chi connectivity index (χ1v) is 14.6. The summed E-state index contributed by atoms with van der Waals surface area (Å²) >= 11 is 4.13. The van der Waals surface area contributed by atoms with Crippen molar-refractivity contribution in [3.8, 4) is 5.75 Å². The smallest absolute Gasteiger partial charge is 0.352 e. The van der Waals surface area contributed by atoms with E-state index < -0.39 is 34.1 Å². The first-order valence-electron chi connectivity index (χ1n) is 11.7. The summed E-state index contributed by atoms with van der Waals surface area (Å²) < 4.78 is 11.8. The Hall–Kier alpha value is -3.89. The highest BCUT2D eigenvalue weighted by Crippen LogP contribution is 2.42. The minimum Gasteiger partial charge on any atom is -0.479 e. The minimum absolute atomic E-state index is 0.0611. The lowest BCUT2D eigenvalue weighted by Crippen LogP contribution is -2.70. The quantitative estimate of drug-likeness (QED) is 0.150. The first kappa shape index (κ1) is 27.7. The van der Waals surface area contributed by atoms with Crippen LogP contribution in [0, 0.1) is 24.0 Å². The Morgan fingerprint density at radius 2 is 2.10 bits per heavy atom. The van der Waals surface area contributed by atoms with E-state index in [0.717, 1.165) is 5.01 Å². The van der Waals surface area contributed by atoms with Crippen molar-refractivity contribution >= 4 is 58.3 Å². The van der Waals surface area contributed by atoms with Crippen LogP contribution >= 0.6 is 34.9 Å². The molecule has 4 heterocycles. The van der Waals surface area contributed by atoms with E-state index in [1.165, 1.54) is 64.0 Å². The van der Waals surface area contributed by atoms with Crippen LogP contribution in [0.25, 0.3) is 0 Å². The molecule has 0 radical (unpaired) electrons. The van der Waals surface area contributed by atoms with Crippen LogP contribution in [0.3, 0.4) is 0 Å². The van der Waals surface area contributed by atoms with Crippen molar-refractivity contribution in [3.63, 3.8) is 0 Å². The van der Waals surface area contributed by atoms with Crippen molar-refractivity contribution in [1.82, 2.24) is 20.4 Å². The number of nitro groups is 1. The van der Waals surface area contributed by atoms with Crippen LogP contribution in [0.2, 0.25) is 0 Å². The minimum atomic E-state index is -1.21. The van der Waals surface area contributed by atoms with Gasteiger partial charge in [-0.15, -0.1) is 22.0 Å². The number of amides is 2. The van der Waals surface area contributed by atoms with Crippen molar-refractivity contribution in [1.29, 1.82) is 0 Å². The Labute approximate surface area is 239 Å². The third-order valence-corrected chi connectivity index (χ3v) is 9.38. The number of benzene rings is 1. The molecule has 16 heteroatoms. The predicted molar refractivity (Wildman–Crippen MR) is 145 cm³/mol. The number of nitrogens with one attached hydrogen (secondary N) is 1. The number of β-lactam (4-membered cyclic amide) rings is 1. The molecule has 208 valence electrons. The lowest BCUT2D eigenvalue weighted by Gasteiger charge is -2.49. The number of hydrogen-bond donors (Lipinski definition) is 2. The topological polar surface area (TPSA) is 178 Å². The van der Waals surface area contributed by atoms with E-state index in [2.05, 4.69) is 15.5 Å². The van der Waals surface area contributed by atoms with E-state index >= 15 is 0 Å². The SMILES string of the molecule is Cc1ccc(OCc2ccc(C(=O)NC3C(=O)N4C(C(=O)O)=C(CSc5nnc(C)s5)CSC34)o2)c([N+](=O)[O-])c1. The van der Waals surface area contributed by atoms with Gasteiger partial charge in [0.15, 0.2) is 15.8 Å². The summed E-state index contributed by atoms with van der Waals surface area (Å²) in [6.45, 7) is 3.40. The molecule has 2 aliphatic heterocycles. The Bertz CT molecular complexity index is 1550. The number of aryl methyl sites for hydroxylation is 2. The van der Waals surface area contributed by atoms with Crippen molar-refractivity contribution in [2.45, 2.75) is 36.2 Å².